The number of hydrogen-bond acceptors (Lipinski definition) is 8. The zero-order valence-corrected chi connectivity index (χ0v) is 25.0. The second kappa shape index (κ2) is 13.6. The van der Waals surface area contributed by atoms with Crippen LogP contribution in [0.3, 0.4) is 0 Å². The molecule has 3 rings (SSSR count). The zero-order chi connectivity index (χ0) is 31.4. The molecule has 1 aromatic carbocycles. The van der Waals surface area contributed by atoms with Crippen molar-refractivity contribution in [3.8, 4) is 11.6 Å². The lowest BCUT2D eigenvalue weighted by molar-refractivity contribution is -0.274. The number of aryl methyl sites for hydroxylation is 1. The quantitative estimate of drug-likeness (QED) is 0.171. The van der Waals surface area contributed by atoms with Gasteiger partial charge in [0.15, 0.2) is 12.3 Å². The van der Waals surface area contributed by atoms with Crippen LogP contribution in [0.2, 0.25) is 10.0 Å². The summed E-state index contributed by atoms with van der Waals surface area (Å²) in [7, 11) is 0. The number of carbonyl (C=O) groups is 2. The number of thiazole rings is 1. The number of halogens is 11. The molecular formula is C20H11Br2Cl2F7N4O5S. The van der Waals surface area contributed by atoms with Gasteiger partial charge in [0.1, 0.15) is 20.7 Å². The van der Waals surface area contributed by atoms with Gasteiger partial charge >= 0.3 is 18.5 Å². The number of benzene rings is 1. The van der Waals surface area contributed by atoms with Crippen LogP contribution in [0.5, 0.6) is 11.6 Å². The van der Waals surface area contributed by atoms with Crippen LogP contribution in [0.25, 0.3) is 0 Å². The van der Waals surface area contributed by atoms with Gasteiger partial charge in [-0.05, 0) is 50.9 Å². The van der Waals surface area contributed by atoms with Crippen molar-refractivity contribution in [2.75, 3.05) is 17.7 Å². The predicted molar refractivity (Wildman–Crippen MR) is 140 cm³/mol. The Labute approximate surface area is 255 Å². The van der Waals surface area contributed by atoms with Crippen molar-refractivity contribution >= 4 is 89.6 Å². The van der Waals surface area contributed by atoms with Gasteiger partial charge in [0, 0.05) is 8.95 Å². The molecule has 0 saturated carbocycles. The largest absolute Gasteiger partial charge is 0.573 e. The van der Waals surface area contributed by atoms with E-state index < -0.39 is 64.2 Å². The average molecular weight is 783 g/mol. The van der Waals surface area contributed by atoms with Crippen LogP contribution >= 0.6 is 66.4 Å². The highest BCUT2D eigenvalue weighted by Crippen LogP contribution is 2.39. The Hall–Kier alpha value is -2.61. The molecule has 2 heterocycles. The number of nitrogens with one attached hydrogen (secondary N) is 1. The fourth-order valence-corrected chi connectivity index (χ4v) is 5.09. The first-order chi connectivity index (χ1) is 18.7. The minimum Gasteiger partial charge on any atom is -0.479 e. The number of nitrogen functional groups attached to an aromatic ring is 1. The summed E-state index contributed by atoms with van der Waals surface area (Å²) < 4.78 is 96.8. The molecule has 0 radical (unpaired) electrons. The molecule has 0 saturated heterocycles. The molecule has 21 heteroatoms. The van der Waals surface area contributed by atoms with Crippen LogP contribution in [0.15, 0.2) is 21.1 Å². The maximum atomic E-state index is 13.0. The van der Waals surface area contributed by atoms with Crippen molar-refractivity contribution in [2.45, 2.75) is 19.5 Å². The second-order valence-electron chi connectivity index (χ2n) is 7.10. The lowest BCUT2D eigenvalue weighted by Crippen LogP contribution is -2.18. The number of hydrogen-bond donors (Lipinski definition) is 3. The molecule has 2 aromatic heterocycles. The third-order valence-electron chi connectivity index (χ3n) is 4.07. The van der Waals surface area contributed by atoms with E-state index in [1.807, 2.05) is 0 Å². The zero-order valence-electron chi connectivity index (χ0n) is 19.5. The number of aromatic nitrogens is 2. The first-order valence-corrected chi connectivity index (χ1v) is 13.1. The van der Waals surface area contributed by atoms with Gasteiger partial charge < -0.3 is 25.6 Å². The van der Waals surface area contributed by atoms with Crippen molar-refractivity contribution in [3.05, 3.63) is 52.6 Å². The summed E-state index contributed by atoms with van der Waals surface area (Å²) >= 11 is 17.4. The number of carboxylic acid groups (broad SMARTS) is 1. The summed E-state index contributed by atoms with van der Waals surface area (Å²) in [4.78, 5) is 28.2. The van der Waals surface area contributed by atoms with E-state index in [0.29, 0.717) is 11.3 Å². The summed E-state index contributed by atoms with van der Waals surface area (Å²) in [5.74, 6) is -4.41. The van der Waals surface area contributed by atoms with Crippen LogP contribution in [-0.4, -0.2) is 39.9 Å². The van der Waals surface area contributed by atoms with Gasteiger partial charge in [0.2, 0.25) is 11.8 Å². The monoisotopic (exact) mass is 780 g/mol. The second-order valence-corrected chi connectivity index (χ2v) is 10.8. The number of amides is 1. The summed E-state index contributed by atoms with van der Waals surface area (Å²) in [5.41, 5.74) is 3.68. The number of nitrogens with two attached hydrogens (primary N) is 1. The van der Waals surface area contributed by atoms with E-state index >= 15 is 0 Å². The molecule has 0 unspecified atom stereocenters. The first kappa shape index (κ1) is 34.6. The third-order valence-corrected chi connectivity index (χ3v) is 7.02. The molecule has 0 spiro atoms. The molecule has 9 nitrogen and oxygen atoms in total. The minimum atomic E-state index is -4.93. The highest BCUT2D eigenvalue weighted by molar-refractivity contribution is 9.11. The maximum Gasteiger partial charge on any atom is 0.573 e. The molecule has 0 fully saturated rings. The van der Waals surface area contributed by atoms with Gasteiger partial charge in [-0.25, -0.2) is 9.78 Å². The van der Waals surface area contributed by atoms with Crippen molar-refractivity contribution in [1.29, 1.82) is 0 Å². The highest BCUT2D eigenvalue weighted by atomic mass is 79.9. The van der Waals surface area contributed by atoms with Gasteiger partial charge in [-0.1, -0.05) is 23.2 Å². The fourth-order valence-electron chi connectivity index (χ4n) is 2.54. The number of carboxylic acids is 1. The number of alkyl halides is 6. The number of anilines is 2. The lowest BCUT2D eigenvalue weighted by Gasteiger charge is -2.14. The Balaban J connectivity index is 0.000000333. The molecule has 3 aromatic rings. The number of pyridine rings is 1. The summed E-state index contributed by atoms with van der Waals surface area (Å²) in [6, 6.07) is 1.83. The molecule has 0 aliphatic heterocycles. The summed E-state index contributed by atoms with van der Waals surface area (Å²) in [6.45, 7) is 0.610. The normalized spacial score (nSPS) is 11.4. The maximum absolute atomic E-state index is 13.0. The smallest absolute Gasteiger partial charge is 0.479 e. The van der Waals surface area contributed by atoms with E-state index in [2.05, 4.69) is 56.6 Å². The standard InChI is InChI=1S/C13H6Br2F6N2O2S.C7H5Cl2FN2O3/c1-4-22-10(12(16,17)18)9(26-4)11(24)23-8-6(14)2-5(3-7(8)15)25-13(19,20)21;8-3-5(11)4(9)7(12-6(3)10)15-1-2(13)14/h2-3H,1H3,(H,23,24);1H2,(H2,11,12)(H,13,14). The molecule has 0 bridgehead atoms. The average Bonchev–Trinajstić information content (AvgIpc) is 3.23. The molecule has 4 N–H and O–H groups in total. The van der Waals surface area contributed by atoms with Gasteiger partial charge in [-0.15, -0.1) is 24.5 Å². The van der Waals surface area contributed by atoms with Crippen molar-refractivity contribution < 1.29 is 54.9 Å². The predicted octanol–water partition coefficient (Wildman–Crippen LogP) is 7.72. The van der Waals surface area contributed by atoms with Gasteiger partial charge in [0.25, 0.3) is 5.91 Å². The molecule has 0 aliphatic carbocycles. The number of ether oxygens (including phenoxy) is 2. The van der Waals surface area contributed by atoms with E-state index in [1.165, 1.54) is 6.92 Å². The molecule has 41 heavy (non-hydrogen) atoms. The highest BCUT2D eigenvalue weighted by Gasteiger charge is 2.39. The van der Waals surface area contributed by atoms with Crippen LogP contribution in [0.4, 0.5) is 42.1 Å². The van der Waals surface area contributed by atoms with Crippen molar-refractivity contribution in [3.63, 3.8) is 0 Å². The van der Waals surface area contributed by atoms with Crippen molar-refractivity contribution in [2.24, 2.45) is 0 Å². The molecule has 0 atom stereocenters. The van der Waals surface area contributed by atoms with Crippen molar-refractivity contribution in [1.82, 2.24) is 9.97 Å². The van der Waals surface area contributed by atoms with Crippen LogP contribution in [0.1, 0.15) is 20.4 Å². The van der Waals surface area contributed by atoms with E-state index in [9.17, 15) is 40.3 Å². The Bertz CT molecular complexity index is 1450. The van der Waals surface area contributed by atoms with Crippen LogP contribution < -0.4 is 20.5 Å². The van der Waals surface area contributed by atoms with E-state index in [1.54, 1.807) is 0 Å². The first-order valence-electron chi connectivity index (χ1n) is 9.96. The third kappa shape index (κ3) is 9.73. The van der Waals surface area contributed by atoms with Gasteiger partial charge in [-0.3, -0.25) is 4.79 Å². The fraction of sp³-hybridized carbons (Fsp3) is 0.200. The molecule has 1 amide bonds. The van der Waals surface area contributed by atoms with Crippen LogP contribution in [-0.2, 0) is 11.0 Å². The summed E-state index contributed by atoms with van der Waals surface area (Å²) in [5, 5.41) is 9.91. The topological polar surface area (TPSA) is 137 Å². The van der Waals surface area contributed by atoms with Gasteiger partial charge in [-0.2, -0.15) is 22.5 Å². The Morgan fingerprint density at radius 2 is 1.66 bits per heavy atom. The molecule has 0 aliphatic rings. The van der Waals surface area contributed by atoms with E-state index in [-0.39, 0.29) is 30.4 Å². The Morgan fingerprint density at radius 3 is 2.15 bits per heavy atom. The number of aliphatic carboxylic acids is 1. The van der Waals surface area contributed by atoms with E-state index in [4.69, 9.17) is 34.0 Å². The van der Waals surface area contributed by atoms with Crippen LogP contribution in [0, 0.1) is 12.9 Å². The molecular weight excluding hydrogens is 772 g/mol. The SMILES string of the molecule is Cc1nc(C(F)(F)F)c(C(=O)Nc2c(Br)cc(OC(F)(F)F)cc2Br)s1.Nc1c(Cl)c(F)nc(OCC(=O)O)c1Cl. The van der Waals surface area contributed by atoms with Gasteiger partial charge in [0.05, 0.1) is 16.4 Å². The molecule has 224 valence electrons. The number of nitrogens with zero attached hydrogens (tertiary/aromatic N) is 2. The Kier molecular flexibility index (Phi) is 11.5. The minimum absolute atomic E-state index is 0.0331. The Morgan fingerprint density at radius 1 is 1.10 bits per heavy atom. The lowest BCUT2D eigenvalue weighted by atomic mass is 10.2. The number of rotatable bonds is 6. The summed E-state index contributed by atoms with van der Waals surface area (Å²) in [6.07, 6.45) is -9.75. The van der Waals surface area contributed by atoms with E-state index in [0.717, 1.165) is 12.1 Å². The number of carbonyl (C=O) groups excluding carboxylic acids is 1.